The van der Waals surface area contributed by atoms with Gasteiger partial charge in [-0.05, 0) is 24.3 Å². The van der Waals surface area contributed by atoms with E-state index in [9.17, 15) is 22.4 Å². The first-order valence-corrected chi connectivity index (χ1v) is 6.43. The molecule has 0 fully saturated rings. The van der Waals surface area contributed by atoms with E-state index >= 15 is 0 Å². The quantitative estimate of drug-likeness (QED) is 0.724. The largest absolute Gasteiger partial charge is 0.480 e. The van der Waals surface area contributed by atoms with Crippen molar-refractivity contribution in [2.24, 2.45) is 5.73 Å². The van der Waals surface area contributed by atoms with Crippen LogP contribution < -0.4 is 5.73 Å². The Morgan fingerprint density at radius 2 is 1.74 bits per heavy atom. The first-order valence-electron chi connectivity index (χ1n) is 4.99. The summed E-state index contributed by atoms with van der Waals surface area (Å²) in [6, 6.07) is 3.77. The number of benzene rings is 1. The summed E-state index contributed by atoms with van der Waals surface area (Å²) in [6.45, 7) is -1.69. The molecule has 104 valence electrons. The number of amides is 1. The van der Waals surface area contributed by atoms with Crippen molar-refractivity contribution in [3.63, 3.8) is 0 Å². The molecule has 0 aromatic heterocycles. The molecule has 3 N–H and O–H groups in total. The maximum Gasteiger partial charge on any atom is 0.318 e. The molecule has 7 nitrogen and oxygen atoms in total. The Morgan fingerprint density at radius 1 is 1.21 bits per heavy atom. The number of hydrogen-bond acceptors (Lipinski definition) is 4. The smallest absolute Gasteiger partial charge is 0.318 e. The van der Waals surface area contributed by atoms with Crippen molar-refractivity contribution in [2.75, 3.05) is 13.1 Å². The number of nitrogens with zero attached hydrogens (tertiary/aromatic N) is 1. The van der Waals surface area contributed by atoms with Crippen LogP contribution in [0.15, 0.2) is 29.2 Å². The van der Waals surface area contributed by atoms with Crippen LogP contribution >= 0.6 is 0 Å². The zero-order valence-electron chi connectivity index (χ0n) is 9.61. The third kappa shape index (κ3) is 4.00. The molecule has 9 heteroatoms. The van der Waals surface area contributed by atoms with E-state index in [1.165, 1.54) is 0 Å². The second-order valence-corrected chi connectivity index (χ2v) is 5.53. The summed E-state index contributed by atoms with van der Waals surface area (Å²) in [4.78, 5) is 21.1. The van der Waals surface area contributed by atoms with Gasteiger partial charge in [-0.3, -0.25) is 9.59 Å². The van der Waals surface area contributed by atoms with Crippen LogP contribution in [0, 0.1) is 5.82 Å². The monoisotopic (exact) mass is 290 g/mol. The van der Waals surface area contributed by atoms with E-state index in [-0.39, 0.29) is 4.90 Å². The number of sulfonamides is 1. The molecule has 1 aromatic carbocycles. The summed E-state index contributed by atoms with van der Waals surface area (Å²) in [6.07, 6.45) is 0. The highest BCUT2D eigenvalue weighted by Gasteiger charge is 2.27. The lowest BCUT2D eigenvalue weighted by Crippen LogP contribution is -2.41. The molecule has 19 heavy (non-hydrogen) atoms. The van der Waals surface area contributed by atoms with Gasteiger partial charge in [-0.1, -0.05) is 0 Å². The second-order valence-electron chi connectivity index (χ2n) is 3.59. The lowest BCUT2D eigenvalue weighted by molar-refractivity contribution is -0.137. The lowest BCUT2D eigenvalue weighted by Gasteiger charge is -2.18. The summed E-state index contributed by atoms with van der Waals surface area (Å²) in [5.74, 6) is -3.07. The van der Waals surface area contributed by atoms with Crippen LogP contribution in [0.3, 0.4) is 0 Å². The molecular weight excluding hydrogens is 279 g/mol. The molecule has 0 saturated carbocycles. The number of carbonyl (C=O) groups excluding carboxylic acids is 1. The van der Waals surface area contributed by atoms with Gasteiger partial charge in [0.05, 0.1) is 11.4 Å². The highest BCUT2D eigenvalue weighted by molar-refractivity contribution is 7.89. The molecule has 0 bridgehead atoms. The maximum absolute atomic E-state index is 12.7. The molecule has 1 aromatic rings. The molecule has 1 rings (SSSR count). The first kappa shape index (κ1) is 15.1. The summed E-state index contributed by atoms with van der Waals surface area (Å²) < 4.78 is 37.2. The van der Waals surface area contributed by atoms with E-state index in [0.29, 0.717) is 4.31 Å². The zero-order valence-corrected chi connectivity index (χ0v) is 10.4. The number of hydrogen-bond donors (Lipinski definition) is 2. The Hall–Kier alpha value is -2.00. The summed E-state index contributed by atoms with van der Waals surface area (Å²) in [5.41, 5.74) is 4.87. The standard InChI is InChI=1S/C10H11FN2O5S/c11-7-1-3-8(4-2-7)19(17,18)13(5-9(12)14)6-10(15)16/h1-4H,5-6H2,(H2,12,14)(H,15,16). The molecule has 1 amide bonds. The number of carboxylic acids is 1. The van der Waals surface area contributed by atoms with Crippen LogP contribution in [0.2, 0.25) is 0 Å². The van der Waals surface area contributed by atoms with Crippen LogP contribution in [0.4, 0.5) is 4.39 Å². The average Bonchev–Trinajstić information content (AvgIpc) is 2.27. The van der Waals surface area contributed by atoms with Gasteiger partial charge < -0.3 is 10.8 Å². The average molecular weight is 290 g/mol. The van der Waals surface area contributed by atoms with Crippen LogP contribution in [0.25, 0.3) is 0 Å². The summed E-state index contributed by atoms with van der Waals surface area (Å²) >= 11 is 0. The van der Waals surface area contributed by atoms with Crippen molar-refractivity contribution in [1.29, 1.82) is 0 Å². The van der Waals surface area contributed by atoms with Crippen molar-refractivity contribution in [3.8, 4) is 0 Å². The summed E-state index contributed by atoms with van der Waals surface area (Å²) in [5, 5.41) is 8.63. The van der Waals surface area contributed by atoms with Gasteiger partial charge >= 0.3 is 5.97 Å². The van der Waals surface area contributed by atoms with Gasteiger partial charge in [0, 0.05) is 0 Å². The second kappa shape index (κ2) is 5.76. The van der Waals surface area contributed by atoms with Gasteiger partial charge in [-0.2, -0.15) is 4.31 Å². The van der Waals surface area contributed by atoms with Crippen molar-refractivity contribution in [3.05, 3.63) is 30.1 Å². The van der Waals surface area contributed by atoms with Gasteiger partial charge in [-0.25, -0.2) is 12.8 Å². The Labute approximate surface area is 108 Å². The molecule has 0 unspecified atom stereocenters. The number of halogens is 1. The van der Waals surface area contributed by atoms with E-state index in [2.05, 4.69) is 0 Å². The number of carboxylic acid groups (broad SMARTS) is 1. The Kier molecular flexibility index (Phi) is 4.57. The van der Waals surface area contributed by atoms with Gasteiger partial charge in [-0.15, -0.1) is 0 Å². The van der Waals surface area contributed by atoms with Gasteiger partial charge in [0.25, 0.3) is 0 Å². The number of nitrogens with two attached hydrogens (primary N) is 1. The molecule has 0 aliphatic rings. The molecule has 0 spiro atoms. The number of rotatable bonds is 6. The normalized spacial score (nSPS) is 11.5. The summed E-state index contributed by atoms with van der Waals surface area (Å²) in [7, 11) is -4.22. The van der Waals surface area contributed by atoms with Crippen molar-refractivity contribution in [2.45, 2.75) is 4.90 Å². The van der Waals surface area contributed by atoms with E-state index < -0.39 is 40.8 Å². The van der Waals surface area contributed by atoms with Gasteiger partial charge in [0.2, 0.25) is 15.9 Å². The SMILES string of the molecule is NC(=O)CN(CC(=O)O)S(=O)(=O)c1ccc(F)cc1. The highest BCUT2D eigenvalue weighted by Crippen LogP contribution is 2.15. The molecule has 0 aliphatic carbocycles. The zero-order chi connectivity index (χ0) is 14.6. The minimum atomic E-state index is -4.22. The third-order valence-electron chi connectivity index (χ3n) is 2.10. The minimum Gasteiger partial charge on any atom is -0.480 e. The fourth-order valence-electron chi connectivity index (χ4n) is 1.31. The van der Waals surface area contributed by atoms with Crippen molar-refractivity contribution in [1.82, 2.24) is 4.31 Å². The van der Waals surface area contributed by atoms with Crippen molar-refractivity contribution < 1.29 is 27.5 Å². The molecule has 0 radical (unpaired) electrons. The number of carbonyl (C=O) groups is 2. The first-order chi connectivity index (χ1) is 8.73. The molecule has 0 saturated heterocycles. The van der Waals surface area contributed by atoms with E-state index in [1.807, 2.05) is 0 Å². The molecular formula is C10H11FN2O5S. The molecule has 0 heterocycles. The predicted octanol–water partition coefficient (Wildman–Crippen LogP) is -0.614. The highest BCUT2D eigenvalue weighted by atomic mass is 32.2. The number of aliphatic carboxylic acids is 1. The minimum absolute atomic E-state index is 0.323. The van der Waals surface area contributed by atoms with Crippen LogP contribution in [0.1, 0.15) is 0 Å². The Bertz CT molecular complexity index is 568. The molecule has 0 atom stereocenters. The maximum atomic E-state index is 12.7. The lowest BCUT2D eigenvalue weighted by atomic mass is 10.4. The van der Waals surface area contributed by atoms with Crippen molar-refractivity contribution >= 4 is 21.9 Å². The van der Waals surface area contributed by atoms with Crippen LogP contribution in [0.5, 0.6) is 0 Å². The fraction of sp³-hybridized carbons (Fsp3) is 0.200. The van der Waals surface area contributed by atoms with E-state index in [4.69, 9.17) is 10.8 Å². The topological polar surface area (TPSA) is 118 Å². The molecule has 0 aliphatic heterocycles. The third-order valence-corrected chi connectivity index (χ3v) is 3.90. The Morgan fingerprint density at radius 3 is 2.16 bits per heavy atom. The predicted molar refractivity (Wildman–Crippen MR) is 62.0 cm³/mol. The van der Waals surface area contributed by atoms with Gasteiger partial charge in [0.1, 0.15) is 12.4 Å². The van der Waals surface area contributed by atoms with Crippen LogP contribution in [-0.4, -0.2) is 42.8 Å². The van der Waals surface area contributed by atoms with E-state index in [0.717, 1.165) is 24.3 Å². The Balaban J connectivity index is 3.14. The van der Waals surface area contributed by atoms with E-state index in [1.54, 1.807) is 0 Å². The van der Waals surface area contributed by atoms with Crippen LogP contribution in [-0.2, 0) is 19.6 Å². The fourth-order valence-corrected chi connectivity index (χ4v) is 2.66. The van der Waals surface area contributed by atoms with Gasteiger partial charge in [0.15, 0.2) is 0 Å². The number of primary amides is 1.